The van der Waals surface area contributed by atoms with Crippen LogP contribution in [-0.4, -0.2) is 17.1 Å². The fourth-order valence-electron chi connectivity index (χ4n) is 5.74. The lowest BCUT2D eigenvalue weighted by molar-refractivity contribution is 0.101. The molecule has 0 aliphatic rings. The zero-order chi connectivity index (χ0) is 49.3. The molecule has 0 aromatic heterocycles. The molecule has 0 unspecified atom stereocenters. The molecule has 7 aromatic rings. The molecule has 0 aliphatic carbocycles. The summed E-state index contributed by atoms with van der Waals surface area (Å²) in [7, 11) is 0. The Morgan fingerprint density at radius 2 is 0.627 bits per heavy atom. The summed E-state index contributed by atoms with van der Waals surface area (Å²) in [5.74, 6) is -25.2. The largest absolute Gasteiger partial charge is 0.399 e. The number of nitrogens with one attached hydrogen (secondary N) is 2. The van der Waals surface area contributed by atoms with Crippen molar-refractivity contribution in [3.05, 3.63) is 224 Å². The Bertz CT molecular complexity index is 2800. The van der Waals surface area contributed by atoms with E-state index in [0.29, 0.717) is 6.42 Å². The molecule has 0 radical (unpaired) electrons. The van der Waals surface area contributed by atoms with Crippen molar-refractivity contribution < 1.29 is 67.1 Å². The van der Waals surface area contributed by atoms with Gasteiger partial charge in [0.15, 0.2) is 69.8 Å². The van der Waals surface area contributed by atoms with E-state index in [2.05, 4.69) is 10.6 Å². The second-order valence-corrected chi connectivity index (χ2v) is 14.3. The van der Waals surface area contributed by atoms with Crippen LogP contribution in [0.25, 0.3) is 0 Å². The zero-order valence-corrected chi connectivity index (χ0v) is 34.4. The predicted octanol–water partition coefficient (Wildman–Crippen LogP) is 12.0. The molecular formula is C47H29ClF12N4O3. The maximum Gasteiger partial charge on any atom is 0.258 e. The lowest BCUT2D eigenvalue weighted by atomic mass is 10.0. The van der Waals surface area contributed by atoms with Crippen molar-refractivity contribution in [1.82, 2.24) is 0 Å². The molecule has 7 nitrogen and oxygen atoms in total. The highest BCUT2D eigenvalue weighted by molar-refractivity contribution is 6.67. The minimum atomic E-state index is -2.11. The summed E-state index contributed by atoms with van der Waals surface area (Å²) in [6.07, 6.45) is 1.27. The summed E-state index contributed by atoms with van der Waals surface area (Å²) in [4.78, 5) is 34.7. The van der Waals surface area contributed by atoms with Crippen molar-refractivity contribution in [3.63, 3.8) is 0 Å². The van der Waals surface area contributed by atoms with Crippen molar-refractivity contribution in [1.29, 1.82) is 0 Å². The lowest BCUT2D eigenvalue weighted by Gasteiger charge is -2.10. The van der Waals surface area contributed by atoms with Gasteiger partial charge in [0.2, 0.25) is 0 Å². The summed E-state index contributed by atoms with van der Waals surface area (Å²) in [6.45, 7) is 0. The van der Waals surface area contributed by atoms with Crippen LogP contribution >= 0.6 is 11.6 Å². The van der Waals surface area contributed by atoms with Crippen LogP contribution in [0.3, 0.4) is 0 Å². The molecule has 0 fully saturated rings. The Morgan fingerprint density at radius 1 is 0.373 bits per heavy atom. The van der Waals surface area contributed by atoms with Crippen molar-refractivity contribution >= 4 is 51.4 Å². The number of hydrogen-bond acceptors (Lipinski definition) is 5. The van der Waals surface area contributed by atoms with Crippen molar-refractivity contribution in [2.24, 2.45) is 0 Å². The Labute approximate surface area is 376 Å². The Kier molecular flexibility index (Phi) is 16.4. The van der Waals surface area contributed by atoms with Crippen LogP contribution in [0.15, 0.2) is 115 Å². The average Bonchev–Trinajstić information content (AvgIpc) is 3.30. The van der Waals surface area contributed by atoms with Crippen LogP contribution in [-0.2, 0) is 12.8 Å². The van der Waals surface area contributed by atoms with Gasteiger partial charge in [-0.25, -0.2) is 52.7 Å². The topological polar surface area (TPSA) is 127 Å². The molecule has 0 spiro atoms. The third-order valence-electron chi connectivity index (χ3n) is 9.21. The summed E-state index contributed by atoms with van der Waals surface area (Å²) >= 11 is 4.77. The number of hydrogen-bond donors (Lipinski definition) is 4. The molecule has 0 heterocycles. The molecule has 0 saturated carbocycles. The highest BCUT2D eigenvalue weighted by Gasteiger charge is 2.25. The number of nitrogens with two attached hydrogens (primary N) is 2. The Hall–Kier alpha value is -7.80. The van der Waals surface area contributed by atoms with Gasteiger partial charge in [-0.15, -0.1) is 0 Å². The summed E-state index contributed by atoms with van der Waals surface area (Å²) in [5.41, 5.74) is 14.1. The molecular weight excluding hydrogens is 932 g/mol. The van der Waals surface area contributed by atoms with Crippen LogP contribution in [0.4, 0.5) is 75.4 Å². The first kappa shape index (κ1) is 50.2. The molecule has 0 bridgehead atoms. The van der Waals surface area contributed by atoms with Gasteiger partial charge in [0.05, 0.1) is 16.7 Å². The zero-order valence-electron chi connectivity index (χ0n) is 33.7. The van der Waals surface area contributed by atoms with E-state index in [1.54, 1.807) is 24.3 Å². The molecule has 0 atom stereocenters. The highest BCUT2D eigenvalue weighted by Crippen LogP contribution is 2.24. The second kappa shape index (κ2) is 21.9. The number of nitrogen functional groups attached to an aromatic ring is 2. The predicted molar refractivity (Wildman–Crippen MR) is 225 cm³/mol. The first-order valence-corrected chi connectivity index (χ1v) is 19.2. The quantitative estimate of drug-likeness (QED) is 0.0377. The van der Waals surface area contributed by atoms with E-state index >= 15 is 0 Å². The summed E-state index contributed by atoms with van der Waals surface area (Å²) < 4.78 is 157. The van der Waals surface area contributed by atoms with Crippen molar-refractivity contribution in [2.75, 3.05) is 22.1 Å². The van der Waals surface area contributed by atoms with E-state index in [4.69, 9.17) is 23.1 Å². The van der Waals surface area contributed by atoms with Gasteiger partial charge in [-0.3, -0.25) is 14.4 Å². The molecule has 20 heteroatoms. The average molecular weight is 961 g/mol. The number of carbonyl (C=O) groups excluding carboxylic acids is 3. The molecule has 7 rings (SSSR count). The molecule has 7 aromatic carbocycles. The standard InChI is InChI=1S/C27H14F8N2O2.C13H14N2.C7HClF4O/c28-18-10-16(20(30)24(34)22(18)32)26(38)36-14-5-1-12(2-6-14)9-13-3-7-15(8-4-13)37-27(39)17-11-19(29)23(33)25(35)21(17)31;14-12-5-1-10(2-6-12)9-11-3-7-13(15)8-4-11;8-7(13)2-1-3(9)5(11)6(12)4(2)10/h1-8,10-11H,9H2,(H,36,38)(H,37,39);1-8H,9,14-15H2;1H. The molecule has 2 amide bonds. The molecule has 346 valence electrons. The maximum atomic E-state index is 13.8. The van der Waals surface area contributed by atoms with Gasteiger partial charge < -0.3 is 22.1 Å². The first-order valence-electron chi connectivity index (χ1n) is 18.8. The molecule has 0 saturated heterocycles. The van der Waals surface area contributed by atoms with Crippen LogP contribution < -0.4 is 22.1 Å². The maximum absolute atomic E-state index is 13.8. The number of amides is 2. The number of anilines is 4. The molecule has 67 heavy (non-hydrogen) atoms. The monoisotopic (exact) mass is 960 g/mol. The summed E-state index contributed by atoms with van der Waals surface area (Å²) in [6, 6.07) is 28.7. The highest BCUT2D eigenvalue weighted by atomic mass is 35.5. The first-order chi connectivity index (χ1) is 31.6. The van der Waals surface area contributed by atoms with E-state index < -0.39 is 104 Å². The number of rotatable bonds is 9. The van der Waals surface area contributed by atoms with Gasteiger partial charge >= 0.3 is 0 Å². The van der Waals surface area contributed by atoms with Crippen LogP contribution in [0.5, 0.6) is 0 Å². The number of halogens is 13. The van der Waals surface area contributed by atoms with Crippen molar-refractivity contribution in [2.45, 2.75) is 12.8 Å². The van der Waals surface area contributed by atoms with E-state index in [1.165, 1.54) is 35.4 Å². The van der Waals surface area contributed by atoms with Crippen LogP contribution in [0.1, 0.15) is 53.3 Å². The smallest absolute Gasteiger partial charge is 0.258 e. The van der Waals surface area contributed by atoms with E-state index in [1.807, 2.05) is 48.5 Å². The Morgan fingerprint density at radius 3 is 0.910 bits per heavy atom. The van der Waals surface area contributed by atoms with Gasteiger partial charge in [0.1, 0.15) is 0 Å². The minimum Gasteiger partial charge on any atom is -0.399 e. The van der Waals surface area contributed by atoms with Gasteiger partial charge in [0, 0.05) is 22.7 Å². The van der Waals surface area contributed by atoms with E-state index in [-0.39, 0.29) is 29.6 Å². The Balaban J connectivity index is 0.000000242. The lowest BCUT2D eigenvalue weighted by Crippen LogP contribution is -2.16. The van der Waals surface area contributed by atoms with Crippen molar-refractivity contribution in [3.8, 4) is 0 Å². The molecule has 6 N–H and O–H groups in total. The normalized spacial score (nSPS) is 10.6. The van der Waals surface area contributed by atoms with E-state index in [0.717, 1.165) is 28.9 Å². The van der Waals surface area contributed by atoms with Gasteiger partial charge in [-0.2, -0.15) is 0 Å². The minimum absolute atomic E-state index is 0.159. The van der Waals surface area contributed by atoms with Crippen LogP contribution in [0.2, 0.25) is 0 Å². The third kappa shape index (κ3) is 12.7. The van der Waals surface area contributed by atoms with Gasteiger partial charge in [-0.05, 0) is 113 Å². The second-order valence-electron chi connectivity index (χ2n) is 14.0. The fourth-order valence-corrected chi connectivity index (χ4v) is 5.88. The number of benzene rings is 7. The van der Waals surface area contributed by atoms with E-state index in [9.17, 15) is 67.1 Å². The van der Waals surface area contributed by atoms with Gasteiger partial charge in [-0.1, -0.05) is 48.5 Å². The SMILES string of the molecule is Nc1ccc(Cc2ccc(N)cc2)cc1.O=C(Cl)c1cc(F)c(F)c(F)c1F.O=C(Nc1ccc(Cc2ccc(NC(=O)c3cc(F)c(F)c(F)c3F)cc2)cc1)c1cc(F)c(F)c(F)c1F. The van der Waals surface area contributed by atoms with Gasteiger partial charge in [0.25, 0.3) is 17.1 Å². The fraction of sp³-hybridized carbons (Fsp3) is 0.0426. The van der Waals surface area contributed by atoms with Crippen LogP contribution in [0, 0.1) is 69.8 Å². The summed E-state index contributed by atoms with van der Waals surface area (Å²) in [5, 5.41) is 3.10. The third-order valence-corrected chi connectivity index (χ3v) is 9.41. The molecule has 0 aliphatic heterocycles. The number of carbonyl (C=O) groups is 3.